The lowest BCUT2D eigenvalue weighted by molar-refractivity contribution is -0.149. The molecule has 1 amide bonds. The number of aliphatic carboxylic acids is 1. The summed E-state index contributed by atoms with van der Waals surface area (Å²) >= 11 is 0. The topological polar surface area (TPSA) is 93.3 Å². The molecule has 24 heavy (non-hydrogen) atoms. The first kappa shape index (κ1) is 16.0. The van der Waals surface area contributed by atoms with E-state index in [4.69, 9.17) is 5.73 Å². The van der Waals surface area contributed by atoms with E-state index >= 15 is 0 Å². The van der Waals surface area contributed by atoms with Gasteiger partial charge in [0.2, 0.25) is 0 Å². The Bertz CT molecular complexity index is 792. The van der Waals surface area contributed by atoms with Gasteiger partial charge in [-0.15, -0.1) is 0 Å². The number of nitrogens with two attached hydrogens (primary N) is 1. The smallest absolute Gasteiger partial charge is 0.313 e. The van der Waals surface area contributed by atoms with E-state index < -0.39 is 29.4 Å². The molecule has 1 fully saturated rings. The summed E-state index contributed by atoms with van der Waals surface area (Å²) in [5.41, 5.74) is 4.91. The zero-order valence-electron chi connectivity index (χ0n) is 12.4. The first-order chi connectivity index (χ1) is 11.4. The van der Waals surface area contributed by atoms with Gasteiger partial charge in [0.15, 0.2) is 6.17 Å². The number of alkyl halides is 1. The lowest BCUT2D eigenvalue weighted by Gasteiger charge is -2.15. The number of aromatic nitrogens is 1. The summed E-state index contributed by atoms with van der Waals surface area (Å²) in [6.45, 7) is 0. The van der Waals surface area contributed by atoms with Crippen molar-refractivity contribution in [1.82, 2.24) is 4.98 Å². The zero-order chi connectivity index (χ0) is 17.5. The van der Waals surface area contributed by atoms with Crippen LogP contribution in [0.1, 0.15) is 17.9 Å². The third kappa shape index (κ3) is 2.51. The molecule has 5 nitrogen and oxygen atoms in total. The summed E-state index contributed by atoms with van der Waals surface area (Å²) in [6.07, 6.45) is -0.817. The van der Waals surface area contributed by atoms with Crippen molar-refractivity contribution in [3.8, 4) is 11.3 Å². The van der Waals surface area contributed by atoms with Crippen LogP contribution in [0.4, 0.5) is 8.78 Å². The van der Waals surface area contributed by atoms with Gasteiger partial charge < -0.3 is 10.8 Å². The van der Waals surface area contributed by atoms with Crippen LogP contribution in [0.15, 0.2) is 42.6 Å². The van der Waals surface area contributed by atoms with Crippen LogP contribution >= 0.6 is 0 Å². The van der Waals surface area contributed by atoms with E-state index in [0.717, 1.165) is 0 Å². The van der Waals surface area contributed by atoms with E-state index in [9.17, 15) is 23.5 Å². The van der Waals surface area contributed by atoms with Crippen LogP contribution in [-0.2, 0) is 9.59 Å². The van der Waals surface area contributed by atoms with Crippen molar-refractivity contribution in [1.29, 1.82) is 0 Å². The highest BCUT2D eigenvalue weighted by Crippen LogP contribution is 2.62. The molecule has 0 saturated heterocycles. The molecule has 0 aliphatic heterocycles. The molecule has 3 rings (SSSR count). The summed E-state index contributed by atoms with van der Waals surface area (Å²) in [5.74, 6) is -3.69. The second-order valence-electron chi connectivity index (χ2n) is 5.85. The Labute approximate surface area is 136 Å². The Balaban J connectivity index is 1.85. The molecule has 2 aromatic rings. The number of halogens is 2. The number of carboxylic acid groups (broad SMARTS) is 1. The second-order valence-corrected chi connectivity index (χ2v) is 5.85. The summed E-state index contributed by atoms with van der Waals surface area (Å²) in [6, 6.07) is 9.03. The van der Waals surface area contributed by atoms with Crippen molar-refractivity contribution < 1.29 is 23.5 Å². The summed E-state index contributed by atoms with van der Waals surface area (Å²) in [4.78, 5) is 26.7. The highest BCUT2D eigenvalue weighted by atomic mass is 19.1. The largest absolute Gasteiger partial charge is 0.481 e. The lowest BCUT2D eigenvalue weighted by Crippen LogP contribution is -2.38. The Kier molecular flexibility index (Phi) is 3.79. The maximum absolute atomic E-state index is 14.0. The molecule has 3 atom stereocenters. The van der Waals surface area contributed by atoms with Crippen LogP contribution < -0.4 is 5.73 Å². The van der Waals surface area contributed by atoms with Crippen molar-refractivity contribution in [2.45, 2.75) is 18.5 Å². The first-order valence-electron chi connectivity index (χ1n) is 7.25. The predicted octanol–water partition coefficient (Wildman–Crippen LogP) is 2.27. The Morgan fingerprint density at radius 3 is 2.42 bits per heavy atom. The van der Waals surface area contributed by atoms with Crippen molar-refractivity contribution in [2.24, 2.45) is 11.1 Å². The van der Waals surface area contributed by atoms with Crippen LogP contribution in [-0.4, -0.2) is 28.1 Å². The molecular weight excluding hydrogens is 318 g/mol. The number of rotatable bonds is 5. The van der Waals surface area contributed by atoms with E-state index in [1.807, 2.05) is 0 Å². The number of carboxylic acids is 1. The predicted molar refractivity (Wildman–Crippen MR) is 81.1 cm³/mol. The molecule has 1 saturated carbocycles. The van der Waals surface area contributed by atoms with Gasteiger partial charge in [0.1, 0.15) is 11.2 Å². The van der Waals surface area contributed by atoms with E-state index in [0.29, 0.717) is 16.8 Å². The van der Waals surface area contributed by atoms with Gasteiger partial charge >= 0.3 is 5.97 Å². The normalized spacial score (nSPS) is 23.5. The highest BCUT2D eigenvalue weighted by Gasteiger charge is 2.68. The number of benzene rings is 1. The first-order valence-corrected chi connectivity index (χ1v) is 7.25. The van der Waals surface area contributed by atoms with Gasteiger partial charge in [0.25, 0.3) is 5.91 Å². The molecule has 124 valence electrons. The number of primary amides is 1. The fourth-order valence-corrected chi connectivity index (χ4v) is 2.98. The highest BCUT2D eigenvalue weighted by molar-refractivity contribution is 5.91. The molecule has 1 heterocycles. The van der Waals surface area contributed by atoms with E-state index in [1.54, 1.807) is 24.3 Å². The molecular formula is C17H14F2N2O3. The average molecular weight is 332 g/mol. The van der Waals surface area contributed by atoms with Crippen LogP contribution in [0.3, 0.4) is 0 Å². The van der Waals surface area contributed by atoms with Crippen LogP contribution in [0.2, 0.25) is 0 Å². The molecule has 1 unspecified atom stereocenters. The number of nitrogens with zero attached hydrogens (tertiary/aromatic N) is 1. The van der Waals surface area contributed by atoms with Gasteiger partial charge in [-0.2, -0.15) is 0 Å². The second kappa shape index (κ2) is 5.67. The van der Waals surface area contributed by atoms with Gasteiger partial charge in [0, 0.05) is 17.7 Å². The third-order valence-electron chi connectivity index (χ3n) is 4.43. The van der Waals surface area contributed by atoms with Gasteiger partial charge in [0.05, 0.1) is 5.69 Å². The number of hydrogen-bond acceptors (Lipinski definition) is 3. The zero-order valence-corrected chi connectivity index (χ0v) is 12.4. The molecule has 0 radical (unpaired) electrons. The van der Waals surface area contributed by atoms with Crippen molar-refractivity contribution in [3.63, 3.8) is 0 Å². The minimum atomic E-state index is -2.25. The average Bonchev–Trinajstić information content (AvgIpc) is 3.32. The van der Waals surface area contributed by atoms with Gasteiger partial charge in [-0.3, -0.25) is 14.6 Å². The SMILES string of the molecule is NC(=O)C(F)[C@@]1(C(=O)O)C[C@@H]1c1ccc(-c2ccc(F)cc2)nc1. The molecule has 3 N–H and O–H groups in total. The molecule has 1 aromatic carbocycles. The summed E-state index contributed by atoms with van der Waals surface area (Å²) in [5, 5.41) is 9.31. The molecule has 1 aliphatic rings. The third-order valence-corrected chi connectivity index (χ3v) is 4.43. The van der Waals surface area contributed by atoms with E-state index in [1.165, 1.54) is 18.3 Å². The van der Waals surface area contributed by atoms with Crippen molar-refractivity contribution >= 4 is 11.9 Å². The summed E-state index contributed by atoms with van der Waals surface area (Å²) in [7, 11) is 0. The molecule has 1 aromatic heterocycles. The Morgan fingerprint density at radius 1 is 1.25 bits per heavy atom. The Hall–Kier alpha value is -2.83. The molecule has 0 spiro atoms. The maximum Gasteiger partial charge on any atom is 0.313 e. The number of amides is 1. The van der Waals surface area contributed by atoms with Crippen LogP contribution in [0.5, 0.6) is 0 Å². The van der Waals surface area contributed by atoms with Crippen LogP contribution in [0, 0.1) is 11.2 Å². The van der Waals surface area contributed by atoms with E-state index in [-0.39, 0.29) is 12.2 Å². The standard InChI is InChI=1S/C17H14F2N2O3/c18-11-4-1-9(2-5-11)13-6-3-10(8-21-13)12-7-17(12,16(23)24)14(19)15(20)22/h1-6,8,12,14H,7H2,(H2,20,22)(H,23,24)/t12-,14?,17-/m1/s1. The van der Waals surface area contributed by atoms with Crippen molar-refractivity contribution in [2.75, 3.05) is 0 Å². The van der Waals surface area contributed by atoms with Gasteiger partial charge in [-0.05, 0) is 42.3 Å². The minimum absolute atomic E-state index is 0.00991. The minimum Gasteiger partial charge on any atom is -0.481 e. The maximum atomic E-state index is 14.0. The Morgan fingerprint density at radius 2 is 1.92 bits per heavy atom. The number of carbonyl (C=O) groups is 2. The van der Waals surface area contributed by atoms with Gasteiger partial charge in [-0.25, -0.2) is 8.78 Å². The fourth-order valence-electron chi connectivity index (χ4n) is 2.98. The molecule has 0 bridgehead atoms. The van der Waals surface area contributed by atoms with Gasteiger partial charge in [-0.1, -0.05) is 6.07 Å². The van der Waals surface area contributed by atoms with Crippen LogP contribution in [0.25, 0.3) is 11.3 Å². The quantitative estimate of drug-likeness (QED) is 0.878. The monoisotopic (exact) mass is 332 g/mol. The molecule has 7 heteroatoms. The van der Waals surface area contributed by atoms with Crippen molar-refractivity contribution in [3.05, 3.63) is 54.0 Å². The fraction of sp³-hybridized carbons (Fsp3) is 0.235. The van der Waals surface area contributed by atoms with E-state index in [2.05, 4.69) is 4.98 Å². The lowest BCUT2D eigenvalue weighted by atomic mass is 9.94. The molecule has 1 aliphatic carbocycles. The number of carbonyl (C=O) groups excluding carboxylic acids is 1. The number of pyridine rings is 1. The number of hydrogen-bond donors (Lipinski definition) is 2. The summed E-state index contributed by atoms with van der Waals surface area (Å²) < 4.78 is 27.0.